The Bertz CT molecular complexity index is 545. The number of para-hydroxylation sites is 1. The fourth-order valence-electron chi connectivity index (χ4n) is 2.10. The van der Waals surface area contributed by atoms with Crippen LogP contribution in [0.4, 0.5) is 0 Å². The number of hydrogen-bond acceptors (Lipinski definition) is 2. The van der Waals surface area contributed by atoms with E-state index in [-0.39, 0.29) is 0 Å². The Morgan fingerprint density at radius 2 is 2.22 bits per heavy atom. The molecule has 0 amide bonds. The zero-order valence-corrected chi connectivity index (χ0v) is 10.4. The van der Waals surface area contributed by atoms with Gasteiger partial charge in [-0.25, -0.2) is 4.79 Å². The number of benzene rings is 1. The first-order valence-electron chi connectivity index (χ1n) is 6.13. The predicted molar refractivity (Wildman–Crippen MR) is 70.0 cm³/mol. The van der Waals surface area contributed by atoms with Gasteiger partial charge in [0.25, 0.3) is 0 Å². The minimum atomic E-state index is -0.884. The molecule has 4 heteroatoms. The molecule has 0 aliphatic heterocycles. The van der Waals surface area contributed by atoms with Crippen LogP contribution in [0.3, 0.4) is 0 Å². The molecule has 1 N–H and O–H groups in total. The number of aryl methyl sites for hydroxylation is 1. The molecule has 0 spiro atoms. The van der Waals surface area contributed by atoms with Crippen LogP contribution in [0.15, 0.2) is 30.5 Å². The van der Waals surface area contributed by atoms with Gasteiger partial charge >= 0.3 is 5.97 Å². The number of rotatable bonds is 6. The van der Waals surface area contributed by atoms with Crippen molar-refractivity contribution in [2.24, 2.45) is 0 Å². The lowest BCUT2D eigenvalue weighted by atomic mass is 10.1. The number of nitrogens with zero attached hydrogens (tertiary/aromatic N) is 1. The smallest absolute Gasteiger partial charge is 0.337 e. The minimum absolute atomic E-state index is 0.355. The summed E-state index contributed by atoms with van der Waals surface area (Å²) >= 11 is 0. The summed E-state index contributed by atoms with van der Waals surface area (Å²) in [5, 5.41) is 10.2. The molecular formula is C14H17NO3. The van der Waals surface area contributed by atoms with Crippen LogP contribution in [0, 0.1) is 0 Å². The summed E-state index contributed by atoms with van der Waals surface area (Å²) in [6, 6.07) is 7.29. The number of carboxylic acids is 1. The fourth-order valence-corrected chi connectivity index (χ4v) is 2.10. The van der Waals surface area contributed by atoms with Gasteiger partial charge in [0.05, 0.1) is 11.1 Å². The number of carboxylic acid groups (broad SMARTS) is 1. The van der Waals surface area contributed by atoms with Gasteiger partial charge in [-0.05, 0) is 25.5 Å². The van der Waals surface area contributed by atoms with Gasteiger partial charge in [0, 0.05) is 31.3 Å². The van der Waals surface area contributed by atoms with Gasteiger partial charge in [0.2, 0.25) is 0 Å². The Morgan fingerprint density at radius 3 is 2.94 bits per heavy atom. The second-order valence-corrected chi connectivity index (χ2v) is 4.11. The molecule has 2 aromatic rings. The zero-order valence-electron chi connectivity index (χ0n) is 10.4. The molecule has 0 fully saturated rings. The summed E-state index contributed by atoms with van der Waals surface area (Å²) in [5.41, 5.74) is 1.15. The van der Waals surface area contributed by atoms with Crippen LogP contribution in [0.1, 0.15) is 23.7 Å². The molecule has 0 radical (unpaired) electrons. The van der Waals surface area contributed by atoms with Crippen LogP contribution >= 0.6 is 0 Å². The quantitative estimate of drug-likeness (QED) is 0.798. The normalized spacial score (nSPS) is 10.9. The third kappa shape index (κ3) is 2.54. The van der Waals surface area contributed by atoms with Gasteiger partial charge in [-0.3, -0.25) is 0 Å². The van der Waals surface area contributed by atoms with Gasteiger partial charge in [0.15, 0.2) is 0 Å². The Morgan fingerprint density at radius 1 is 1.39 bits per heavy atom. The van der Waals surface area contributed by atoms with Crippen LogP contribution < -0.4 is 0 Å². The number of hydrogen-bond donors (Lipinski definition) is 1. The number of aromatic nitrogens is 1. The first-order chi connectivity index (χ1) is 8.74. The maximum Gasteiger partial charge on any atom is 0.337 e. The topological polar surface area (TPSA) is 51.5 Å². The second kappa shape index (κ2) is 5.69. The molecule has 0 saturated heterocycles. The molecule has 18 heavy (non-hydrogen) atoms. The maximum absolute atomic E-state index is 11.2. The van der Waals surface area contributed by atoms with Crippen molar-refractivity contribution in [1.29, 1.82) is 0 Å². The molecule has 1 aromatic carbocycles. The van der Waals surface area contributed by atoms with Crippen LogP contribution in [-0.2, 0) is 11.3 Å². The largest absolute Gasteiger partial charge is 0.478 e. The molecule has 1 heterocycles. The maximum atomic E-state index is 11.2. The lowest BCUT2D eigenvalue weighted by Crippen LogP contribution is -2.05. The van der Waals surface area contributed by atoms with Crippen LogP contribution in [0.25, 0.3) is 10.9 Å². The van der Waals surface area contributed by atoms with E-state index in [1.54, 1.807) is 12.1 Å². The fraction of sp³-hybridized carbons (Fsp3) is 0.357. The summed E-state index contributed by atoms with van der Waals surface area (Å²) in [6.07, 6.45) is 2.81. The van der Waals surface area contributed by atoms with Gasteiger partial charge in [0.1, 0.15) is 0 Å². The van der Waals surface area contributed by atoms with Crippen molar-refractivity contribution in [3.05, 3.63) is 36.0 Å². The number of carbonyl (C=O) groups is 1. The molecule has 0 saturated carbocycles. The van der Waals surface area contributed by atoms with Crippen molar-refractivity contribution < 1.29 is 14.6 Å². The molecule has 1 aromatic heterocycles. The molecule has 0 unspecified atom stereocenters. The predicted octanol–water partition coefficient (Wildman–Crippen LogP) is 2.77. The Kier molecular flexibility index (Phi) is 3.99. The van der Waals surface area contributed by atoms with Gasteiger partial charge in [-0.2, -0.15) is 0 Å². The van der Waals surface area contributed by atoms with Crippen LogP contribution in [-0.4, -0.2) is 28.9 Å². The highest BCUT2D eigenvalue weighted by atomic mass is 16.5. The van der Waals surface area contributed by atoms with Crippen molar-refractivity contribution in [2.45, 2.75) is 19.9 Å². The summed E-state index contributed by atoms with van der Waals surface area (Å²) in [7, 11) is 0. The Hall–Kier alpha value is -1.81. The Labute approximate surface area is 106 Å². The highest BCUT2D eigenvalue weighted by molar-refractivity contribution is 6.02. The molecular weight excluding hydrogens is 230 g/mol. The molecule has 0 aliphatic rings. The molecule has 2 rings (SSSR count). The first-order valence-corrected chi connectivity index (χ1v) is 6.13. The van der Waals surface area contributed by atoms with E-state index in [0.717, 1.165) is 23.9 Å². The van der Waals surface area contributed by atoms with Crippen molar-refractivity contribution in [3.8, 4) is 0 Å². The van der Waals surface area contributed by atoms with E-state index in [1.165, 1.54) is 0 Å². The second-order valence-electron chi connectivity index (χ2n) is 4.11. The third-order valence-corrected chi connectivity index (χ3v) is 2.91. The van der Waals surface area contributed by atoms with Crippen LogP contribution in [0.2, 0.25) is 0 Å². The van der Waals surface area contributed by atoms with E-state index < -0.39 is 5.97 Å². The molecule has 4 nitrogen and oxygen atoms in total. The molecule has 0 aliphatic carbocycles. The summed E-state index contributed by atoms with van der Waals surface area (Å²) in [4.78, 5) is 11.2. The lowest BCUT2D eigenvalue weighted by molar-refractivity contribution is 0.0698. The summed E-state index contributed by atoms with van der Waals surface area (Å²) < 4.78 is 7.28. The standard InChI is InChI=1S/C14H17NO3/c1-2-18-10-4-8-15-9-7-11-5-3-6-12(13(11)15)14(16)17/h3,5-7,9H,2,4,8,10H2,1H3,(H,16,17). The monoisotopic (exact) mass is 247 g/mol. The van der Waals surface area contributed by atoms with Crippen molar-refractivity contribution in [3.63, 3.8) is 0 Å². The van der Waals surface area contributed by atoms with E-state index in [4.69, 9.17) is 4.74 Å². The number of ether oxygens (including phenoxy) is 1. The van der Waals surface area contributed by atoms with Gasteiger partial charge in [-0.15, -0.1) is 0 Å². The number of fused-ring (bicyclic) bond motifs is 1. The lowest BCUT2D eigenvalue weighted by Gasteiger charge is -2.07. The number of aromatic carboxylic acids is 1. The average Bonchev–Trinajstić information content (AvgIpc) is 2.77. The summed E-state index contributed by atoms with van der Waals surface area (Å²) in [5.74, 6) is -0.884. The van der Waals surface area contributed by atoms with Gasteiger partial charge < -0.3 is 14.4 Å². The SMILES string of the molecule is CCOCCCn1ccc2cccc(C(=O)O)c21. The van der Waals surface area contributed by atoms with Crippen molar-refractivity contribution in [2.75, 3.05) is 13.2 Å². The molecule has 0 atom stereocenters. The highest BCUT2D eigenvalue weighted by Crippen LogP contribution is 2.20. The van der Waals surface area contributed by atoms with Crippen LogP contribution in [0.5, 0.6) is 0 Å². The van der Waals surface area contributed by atoms with E-state index in [2.05, 4.69) is 0 Å². The van der Waals surface area contributed by atoms with E-state index >= 15 is 0 Å². The molecule has 96 valence electrons. The zero-order chi connectivity index (χ0) is 13.0. The Balaban J connectivity index is 2.25. The average molecular weight is 247 g/mol. The van der Waals surface area contributed by atoms with E-state index in [9.17, 15) is 9.90 Å². The third-order valence-electron chi connectivity index (χ3n) is 2.91. The van der Waals surface area contributed by atoms with Crippen molar-refractivity contribution >= 4 is 16.9 Å². The summed E-state index contributed by atoms with van der Waals surface area (Å²) in [6.45, 7) is 4.15. The van der Waals surface area contributed by atoms with Gasteiger partial charge in [-0.1, -0.05) is 12.1 Å². The first kappa shape index (κ1) is 12.6. The van der Waals surface area contributed by atoms with E-state index in [1.807, 2.05) is 29.8 Å². The molecule has 0 bridgehead atoms. The minimum Gasteiger partial charge on any atom is -0.478 e. The highest BCUT2D eigenvalue weighted by Gasteiger charge is 2.11. The van der Waals surface area contributed by atoms with E-state index in [0.29, 0.717) is 18.8 Å². The van der Waals surface area contributed by atoms with Crippen molar-refractivity contribution in [1.82, 2.24) is 4.57 Å².